The van der Waals surface area contributed by atoms with E-state index in [1.54, 1.807) is 0 Å². The van der Waals surface area contributed by atoms with Crippen LogP contribution in [0.2, 0.25) is 0 Å². The van der Waals surface area contributed by atoms with E-state index < -0.39 is 0 Å². The summed E-state index contributed by atoms with van der Waals surface area (Å²) in [5.74, 6) is 0.0307. The molecule has 0 atom stereocenters. The van der Waals surface area contributed by atoms with Crippen molar-refractivity contribution in [1.29, 1.82) is 0 Å². The molecule has 0 spiro atoms. The number of aromatic nitrogens is 1. The molecule has 3 heteroatoms. The maximum atomic E-state index is 12.5. The average molecular weight is 298 g/mol. The van der Waals surface area contributed by atoms with Crippen molar-refractivity contribution < 1.29 is 4.79 Å². The lowest BCUT2D eigenvalue weighted by Gasteiger charge is -2.13. The molecular weight excluding hydrogens is 272 g/mol. The molecule has 1 amide bonds. The minimum absolute atomic E-state index is 0.0307. The summed E-state index contributed by atoms with van der Waals surface area (Å²) in [6.07, 6.45) is 0.946. The molecule has 0 aliphatic heterocycles. The third-order valence-electron chi connectivity index (χ3n) is 4.31. The van der Waals surface area contributed by atoms with Crippen LogP contribution in [0.5, 0.6) is 0 Å². The number of aryl methyl sites for hydroxylation is 1. The highest BCUT2D eigenvalue weighted by molar-refractivity contribution is 5.95. The summed E-state index contributed by atoms with van der Waals surface area (Å²) in [6, 6.07) is 8.46. The van der Waals surface area contributed by atoms with Crippen LogP contribution < -0.4 is 5.32 Å². The van der Waals surface area contributed by atoms with Gasteiger partial charge in [-0.25, -0.2) is 0 Å². The smallest absolute Gasteiger partial charge is 0.268 e. The lowest BCUT2D eigenvalue weighted by molar-refractivity contribution is 0.0944. The molecule has 3 nitrogen and oxygen atoms in total. The molecular formula is C19H26N2O. The number of carbonyl (C=O) groups excluding carboxylic acids is 1. The van der Waals surface area contributed by atoms with E-state index in [1.165, 1.54) is 22.4 Å². The van der Waals surface area contributed by atoms with Gasteiger partial charge in [0.1, 0.15) is 5.69 Å². The fraction of sp³-hybridized carbons (Fsp3) is 0.421. The van der Waals surface area contributed by atoms with E-state index in [1.807, 2.05) is 6.92 Å². The number of hydrogen-bond acceptors (Lipinski definition) is 1. The highest BCUT2D eigenvalue weighted by atomic mass is 16.1. The van der Waals surface area contributed by atoms with Crippen LogP contribution in [0, 0.1) is 27.7 Å². The monoisotopic (exact) mass is 298 g/mol. The molecule has 1 aromatic heterocycles. The Hall–Kier alpha value is -2.03. The normalized spacial score (nSPS) is 10.8. The van der Waals surface area contributed by atoms with Gasteiger partial charge in [-0.05, 0) is 50.8 Å². The van der Waals surface area contributed by atoms with E-state index in [4.69, 9.17) is 0 Å². The van der Waals surface area contributed by atoms with Crippen LogP contribution in [0.4, 0.5) is 0 Å². The molecule has 118 valence electrons. The van der Waals surface area contributed by atoms with Crippen LogP contribution in [0.3, 0.4) is 0 Å². The standard InChI is InChI=1S/C19H26N2O/c1-6-10-20-19(22)18-15(4)14(3)16(5)21(18)12-17-9-7-8-13(2)11-17/h7-9,11H,6,10,12H2,1-5H3,(H,20,22). The van der Waals surface area contributed by atoms with Crippen LogP contribution in [-0.4, -0.2) is 17.0 Å². The summed E-state index contributed by atoms with van der Waals surface area (Å²) in [5, 5.41) is 3.01. The number of hydrogen-bond donors (Lipinski definition) is 1. The van der Waals surface area contributed by atoms with Gasteiger partial charge in [-0.2, -0.15) is 0 Å². The van der Waals surface area contributed by atoms with Crippen LogP contribution in [0.15, 0.2) is 24.3 Å². The molecule has 0 fully saturated rings. The molecule has 0 aliphatic carbocycles. The van der Waals surface area contributed by atoms with Crippen LogP contribution >= 0.6 is 0 Å². The fourth-order valence-electron chi connectivity index (χ4n) is 2.83. The predicted molar refractivity (Wildman–Crippen MR) is 91.5 cm³/mol. The molecule has 0 unspecified atom stereocenters. The molecule has 1 heterocycles. The van der Waals surface area contributed by atoms with Crippen molar-refractivity contribution in [2.75, 3.05) is 6.54 Å². The Morgan fingerprint density at radius 1 is 1.14 bits per heavy atom. The largest absolute Gasteiger partial charge is 0.351 e. The number of amides is 1. The molecule has 22 heavy (non-hydrogen) atoms. The van der Waals surface area contributed by atoms with Gasteiger partial charge in [0.05, 0.1) is 0 Å². The Morgan fingerprint density at radius 2 is 1.86 bits per heavy atom. The van der Waals surface area contributed by atoms with Gasteiger partial charge in [0.2, 0.25) is 0 Å². The van der Waals surface area contributed by atoms with E-state index in [9.17, 15) is 4.79 Å². The number of benzene rings is 1. The van der Waals surface area contributed by atoms with E-state index in [0.29, 0.717) is 6.54 Å². The lowest BCUT2D eigenvalue weighted by Crippen LogP contribution is -2.27. The number of rotatable bonds is 5. The van der Waals surface area contributed by atoms with E-state index in [0.717, 1.165) is 24.2 Å². The SMILES string of the molecule is CCCNC(=O)c1c(C)c(C)c(C)n1Cc1cccc(C)c1. The van der Waals surface area contributed by atoms with Crippen molar-refractivity contribution in [3.8, 4) is 0 Å². The van der Waals surface area contributed by atoms with E-state index in [-0.39, 0.29) is 5.91 Å². The Balaban J connectivity index is 2.41. The maximum Gasteiger partial charge on any atom is 0.268 e. The second-order valence-electron chi connectivity index (χ2n) is 6.02. The Kier molecular flexibility index (Phi) is 5.07. The first-order valence-corrected chi connectivity index (χ1v) is 7.95. The average Bonchev–Trinajstić information content (AvgIpc) is 2.69. The fourth-order valence-corrected chi connectivity index (χ4v) is 2.83. The van der Waals surface area contributed by atoms with Gasteiger partial charge in [0.25, 0.3) is 5.91 Å². The van der Waals surface area contributed by atoms with E-state index >= 15 is 0 Å². The summed E-state index contributed by atoms with van der Waals surface area (Å²) in [5.41, 5.74) is 6.72. The molecule has 2 aromatic rings. The van der Waals surface area contributed by atoms with Crippen molar-refractivity contribution in [3.63, 3.8) is 0 Å². The third kappa shape index (κ3) is 3.24. The van der Waals surface area contributed by atoms with Crippen molar-refractivity contribution >= 4 is 5.91 Å². The number of carbonyl (C=O) groups is 1. The summed E-state index contributed by atoms with van der Waals surface area (Å²) in [4.78, 5) is 12.5. The first kappa shape index (κ1) is 16.3. The molecule has 0 radical (unpaired) electrons. The zero-order valence-corrected chi connectivity index (χ0v) is 14.3. The van der Waals surface area contributed by atoms with Gasteiger partial charge in [0, 0.05) is 18.8 Å². The molecule has 1 aromatic carbocycles. The topological polar surface area (TPSA) is 34.0 Å². The van der Waals surface area contributed by atoms with Gasteiger partial charge < -0.3 is 9.88 Å². The summed E-state index contributed by atoms with van der Waals surface area (Å²) in [6.45, 7) is 11.8. The minimum atomic E-state index is 0.0307. The summed E-state index contributed by atoms with van der Waals surface area (Å²) < 4.78 is 2.14. The summed E-state index contributed by atoms with van der Waals surface area (Å²) in [7, 11) is 0. The highest BCUT2D eigenvalue weighted by Gasteiger charge is 2.20. The number of nitrogens with zero attached hydrogens (tertiary/aromatic N) is 1. The quantitative estimate of drug-likeness (QED) is 0.892. The predicted octanol–water partition coefficient (Wildman–Crippen LogP) is 3.91. The zero-order chi connectivity index (χ0) is 16.3. The molecule has 1 N–H and O–H groups in total. The third-order valence-corrected chi connectivity index (χ3v) is 4.31. The van der Waals surface area contributed by atoms with Crippen LogP contribution in [-0.2, 0) is 6.54 Å². The van der Waals surface area contributed by atoms with Gasteiger partial charge >= 0.3 is 0 Å². The van der Waals surface area contributed by atoms with Gasteiger partial charge in [-0.1, -0.05) is 36.8 Å². The number of nitrogens with one attached hydrogen (secondary N) is 1. The van der Waals surface area contributed by atoms with Crippen molar-refractivity contribution in [3.05, 3.63) is 57.9 Å². The minimum Gasteiger partial charge on any atom is -0.351 e. The van der Waals surface area contributed by atoms with Crippen molar-refractivity contribution in [2.45, 2.75) is 47.6 Å². The molecule has 0 aliphatic rings. The Bertz CT molecular complexity index is 683. The first-order chi connectivity index (χ1) is 10.5. The molecule has 2 rings (SSSR count). The van der Waals surface area contributed by atoms with Gasteiger partial charge in [-0.3, -0.25) is 4.79 Å². The Labute approximate surface area is 133 Å². The second-order valence-corrected chi connectivity index (χ2v) is 6.02. The lowest BCUT2D eigenvalue weighted by atomic mass is 10.1. The molecule has 0 bridgehead atoms. The van der Waals surface area contributed by atoms with Crippen LogP contribution in [0.1, 0.15) is 51.8 Å². The zero-order valence-electron chi connectivity index (χ0n) is 14.3. The van der Waals surface area contributed by atoms with Gasteiger partial charge in [0.15, 0.2) is 0 Å². The first-order valence-electron chi connectivity index (χ1n) is 7.95. The van der Waals surface area contributed by atoms with Crippen molar-refractivity contribution in [1.82, 2.24) is 9.88 Å². The highest BCUT2D eigenvalue weighted by Crippen LogP contribution is 2.23. The van der Waals surface area contributed by atoms with Gasteiger partial charge in [-0.15, -0.1) is 0 Å². The second kappa shape index (κ2) is 6.82. The van der Waals surface area contributed by atoms with E-state index in [2.05, 4.69) is 61.8 Å². The van der Waals surface area contributed by atoms with Crippen molar-refractivity contribution in [2.24, 2.45) is 0 Å². The van der Waals surface area contributed by atoms with Crippen LogP contribution in [0.25, 0.3) is 0 Å². The Morgan fingerprint density at radius 3 is 2.50 bits per heavy atom. The molecule has 0 saturated heterocycles. The molecule has 0 saturated carbocycles. The summed E-state index contributed by atoms with van der Waals surface area (Å²) >= 11 is 0. The maximum absolute atomic E-state index is 12.5.